The van der Waals surface area contributed by atoms with Crippen LogP contribution in [0.3, 0.4) is 0 Å². The second-order valence-electron chi connectivity index (χ2n) is 5.94. The van der Waals surface area contributed by atoms with Crippen molar-refractivity contribution in [1.29, 1.82) is 0 Å². The highest BCUT2D eigenvalue weighted by molar-refractivity contribution is 5.28. The molecule has 0 aliphatic heterocycles. The quantitative estimate of drug-likeness (QED) is 0.765. The number of benzene rings is 2. The number of hydrogen-bond acceptors (Lipinski definition) is 2. The second kappa shape index (κ2) is 7.67. The zero-order valence-electron chi connectivity index (χ0n) is 13.3. The normalized spacial score (nSPS) is 14.9. The van der Waals surface area contributed by atoms with Crippen LogP contribution in [0.5, 0.6) is 0 Å². The third-order valence-corrected chi connectivity index (χ3v) is 3.84. The summed E-state index contributed by atoms with van der Waals surface area (Å²) in [6, 6.07) is 8.60. The summed E-state index contributed by atoms with van der Waals surface area (Å²) in [4.78, 5) is 0. The Bertz CT molecular complexity index is 675. The fourth-order valence-corrected chi connectivity index (χ4v) is 2.50. The molecule has 0 unspecified atom stereocenters. The number of alkyl halides is 6. The highest BCUT2D eigenvalue weighted by Gasteiger charge is 2.31. The maximum Gasteiger partial charge on any atom is 0.416 e. The first kappa shape index (κ1) is 20.3. The molecule has 2 nitrogen and oxygen atoms in total. The summed E-state index contributed by atoms with van der Waals surface area (Å²) >= 11 is 0. The van der Waals surface area contributed by atoms with E-state index in [1.807, 2.05) is 0 Å². The first-order valence-corrected chi connectivity index (χ1v) is 7.65. The van der Waals surface area contributed by atoms with Crippen LogP contribution >= 0.6 is 0 Å². The molecule has 8 heteroatoms. The topological polar surface area (TPSA) is 40.5 Å². The third kappa shape index (κ3) is 5.47. The van der Waals surface area contributed by atoms with Gasteiger partial charge >= 0.3 is 12.4 Å². The van der Waals surface area contributed by atoms with Crippen molar-refractivity contribution in [3.8, 4) is 0 Å². The molecule has 0 aromatic heterocycles. The summed E-state index contributed by atoms with van der Waals surface area (Å²) in [5, 5.41) is 20.0. The first-order valence-electron chi connectivity index (χ1n) is 7.65. The van der Waals surface area contributed by atoms with Crippen molar-refractivity contribution in [3.63, 3.8) is 0 Å². The molecular formula is C18H16F6O2. The molecule has 0 aliphatic carbocycles. The Hall–Kier alpha value is -2.06. The van der Waals surface area contributed by atoms with Gasteiger partial charge in [-0.05, 0) is 23.3 Å². The van der Waals surface area contributed by atoms with Gasteiger partial charge < -0.3 is 10.2 Å². The van der Waals surface area contributed by atoms with Crippen molar-refractivity contribution in [3.05, 3.63) is 70.8 Å². The van der Waals surface area contributed by atoms with Crippen molar-refractivity contribution in [1.82, 2.24) is 0 Å². The average Bonchev–Trinajstić information content (AvgIpc) is 2.53. The third-order valence-electron chi connectivity index (χ3n) is 3.84. The molecule has 0 heterocycles. The Morgan fingerprint density at radius 1 is 0.654 bits per heavy atom. The van der Waals surface area contributed by atoms with Gasteiger partial charge in [0.05, 0.1) is 23.3 Å². The molecular weight excluding hydrogens is 362 g/mol. The summed E-state index contributed by atoms with van der Waals surface area (Å²) < 4.78 is 76.1. The number of hydrogen-bond donors (Lipinski definition) is 2. The Labute approximate surface area is 145 Å². The van der Waals surface area contributed by atoms with E-state index in [0.29, 0.717) is 0 Å². The van der Waals surface area contributed by atoms with Crippen LogP contribution in [-0.2, 0) is 25.2 Å². The summed E-state index contributed by atoms with van der Waals surface area (Å²) in [6.07, 6.45) is -12.4. The SMILES string of the molecule is O[C@H](Cc1cccc(C(F)(F)F)c1)[C@@H](O)Cc1cccc(C(F)(F)F)c1. The van der Waals surface area contributed by atoms with Gasteiger partial charge in [-0.1, -0.05) is 36.4 Å². The Morgan fingerprint density at radius 2 is 1.00 bits per heavy atom. The molecule has 2 atom stereocenters. The zero-order chi connectivity index (χ0) is 19.5. The fourth-order valence-electron chi connectivity index (χ4n) is 2.50. The summed E-state index contributed by atoms with van der Waals surface area (Å²) in [5.74, 6) is 0. The minimum Gasteiger partial charge on any atom is -0.390 e. The van der Waals surface area contributed by atoms with E-state index in [9.17, 15) is 36.6 Å². The fraction of sp³-hybridized carbons (Fsp3) is 0.333. The van der Waals surface area contributed by atoms with E-state index in [0.717, 1.165) is 24.3 Å². The molecule has 142 valence electrons. The van der Waals surface area contributed by atoms with Gasteiger partial charge in [0.1, 0.15) is 0 Å². The predicted molar refractivity (Wildman–Crippen MR) is 82.3 cm³/mol. The minimum absolute atomic E-state index is 0.162. The zero-order valence-corrected chi connectivity index (χ0v) is 13.3. The van der Waals surface area contributed by atoms with Crippen LogP contribution in [0, 0.1) is 0 Å². The van der Waals surface area contributed by atoms with Gasteiger partial charge in [0.15, 0.2) is 0 Å². The highest BCUT2D eigenvalue weighted by Crippen LogP contribution is 2.31. The van der Waals surface area contributed by atoms with E-state index in [2.05, 4.69) is 0 Å². The van der Waals surface area contributed by atoms with Crippen LogP contribution < -0.4 is 0 Å². The molecule has 0 spiro atoms. The van der Waals surface area contributed by atoms with Crippen LogP contribution in [0.1, 0.15) is 22.3 Å². The average molecular weight is 378 g/mol. The predicted octanol–water partition coefficient (Wildman–Crippen LogP) is 4.23. The van der Waals surface area contributed by atoms with Crippen LogP contribution in [0.4, 0.5) is 26.3 Å². The number of halogens is 6. The molecule has 0 saturated carbocycles. The lowest BCUT2D eigenvalue weighted by Gasteiger charge is -2.19. The molecule has 2 rings (SSSR count). The number of aliphatic hydroxyl groups excluding tert-OH is 2. The molecule has 0 fully saturated rings. The van der Waals surface area contributed by atoms with Crippen molar-refractivity contribution in [2.45, 2.75) is 37.4 Å². The van der Waals surface area contributed by atoms with Gasteiger partial charge in [-0.25, -0.2) is 0 Å². The smallest absolute Gasteiger partial charge is 0.390 e. The second-order valence-corrected chi connectivity index (χ2v) is 5.94. The van der Waals surface area contributed by atoms with Crippen molar-refractivity contribution >= 4 is 0 Å². The molecule has 0 bridgehead atoms. The van der Waals surface area contributed by atoms with Gasteiger partial charge in [0, 0.05) is 12.8 Å². The van der Waals surface area contributed by atoms with E-state index < -0.39 is 35.7 Å². The largest absolute Gasteiger partial charge is 0.416 e. The van der Waals surface area contributed by atoms with Crippen LogP contribution in [0.2, 0.25) is 0 Å². The van der Waals surface area contributed by atoms with E-state index in [4.69, 9.17) is 0 Å². The Kier molecular flexibility index (Phi) is 5.98. The summed E-state index contributed by atoms with van der Waals surface area (Å²) in [7, 11) is 0. The van der Waals surface area contributed by atoms with Gasteiger partial charge in [-0.2, -0.15) is 26.3 Å². The van der Waals surface area contributed by atoms with Crippen molar-refractivity contribution < 1.29 is 36.6 Å². The van der Waals surface area contributed by atoms with E-state index >= 15 is 0 Å². The van der Waals surface area contributed by atoms with E-state index in [1.54, 1.807) is 0 Å². The molecule has 0 saturated heterocycles. The van der Waals surface area contributed by atoms with Crippen LogP contribution in [0.15, 0.2) is 48.5 Å². The highest BCUT2D eigenvalue weighted by atomic mass is 19.4. The molecule has 2 N–H and O–H groups in total. The van der Waals surface area contributed by atoms with Crippen LogP contribution in [-0.4, -0.2) is 22.4 Å². The summed E-state index contributed by atoms with van der Waals surface area (Å²) in [6.45, 7) is 0. The molecule has 0 amide bonds. The number of rotatable bonds is 5. The lowest BCUT2D eigenvalue weighted by atomic mass is 9.97. The van der Waals surface area contributed by atoms with Gasteiger partial charge in [-0.3, -0.25) is 0 Å². The van der Waals surface area contributed by atoms with Crippen molar-refractivity contribution in [2.24, 2.45) is 0 Å². The molecule has 0 aliphatic rings. The molecule has 0 radical (unpaired) electrons. The number of aliphatic hydroxyl groups is 2. The molecule has 2 aromatic rings. The molecule has 2 aromatic carbocycles. The van der Waals surface area contributed by atoms with Gasteiger partial charge in [0.25, 0.3) is 0 Å². The van der Waals surface area contributed by atoms with E-state index in [1.165, 1.54) is 24.3 Å². The van der Waals surface area contributed by atoms with Gasteiger partial charge in [-0.15, -0.1) is 0 Å². The lowest BCUT2D eigenvalue weighted by Crippen LogP contribution is -2.30. The van der Waals surface area contributed by atoms with Crippen LogP contribution in [0.25, 0.3) is 0 Å². The Morgan fingerprint density at radius 3 is 1.31 bits per heavy atom. The summed E-state index contributed by atoms with van der Waals surface area (Å²) in [5.41, 5.74) is -1.44. The lowest BCUT2D eigenvalue weighted by molar-refractivity contribution is -0.138. The van der Waals surface area contributed by atoms with E-state index in [-0.39, 0.29) is 24.0 Å². The molecule has 26 heavy (non-hydrogen) atoms. The standard InChI is InChI=1S/C18H16F6O2/c19-17(20,21)13-5-1-3-11(7-13)9-15(25)16(26)10-12-4-2-6-14(8-12)18(22,23)24/h1-8,15-16,25-26H,9-10H2/t15-,16+. The maximum atomic E-state index is 12.7. The first-order chi connectivity index (χ1) is 12.0. The maximum absolute atomic E-state index is 12.7. The minimum atomic E-state index is -4.53. The monoisotopic (exact) mass is 378 g/mol. The van der Waals surface area contributed by atoms with Gasteiger partial charge in [0.2, 0.25) is 0 Å². The Balaban J connectivity index is 2.05. The van der Waals surface area contributed by atoms with Crippen molar-refractivity contribution in [2.75, 3.05) is 0 Å².